The number of rotatable bonds is 3. The second-order valence-electron chi connectivity index (χ2n) is 3.54. The number of anilines is 1. The van der Waals surface area contributed by atoms with Crippen LogP contribution in [-0.4, -0.2) is 17.3 Å². The van der Waals surface area contributed by atoms with Crippen molar-refractivity contribution in [3.63, 3.8) is 0 Å². The van der Waals surface area contributed by atoms with E-state index >= 15 is 0 Å². The number of hydrogen-bond donors (Lipinski definition) is 1. The molecule has 2 aromatic rings. The van der Waals surface area contributed by atoms with Crippen molar-refractivity contribution in [2.75, 3.05) is 12.8 Å². The largest absolute Gasteiger partial charge is 0.397 e. The summed E-state index contributed by atoms with van der Waals surface area (Å²) in [6.07, 6.45) is -0.208. The molecule has 2 N–H and O–H groups in total. The van der Waals surface area contributed by atoms with Crippen LogP contribution in [0.5, 0.6) is 0 Å². The van der Waals surface area contributed by atoms with E-state index in [2.05, 4.69) is 26.1 Å². The fourth-order valence-corrected chi connectivity index (χ4v) is 1.70. The zero-order chi connectivity index (χ0) is 12.4. The lowest BCUT2D eigenvalue weighted by Gasteiger charge is -2.02. The van der Waals surface area contributed by atoms with E-state index in [-0.39, 0.29) is 6.10 Å². The maximum atomic E-state index is 5.93. The summed E-state index contributed by atoms with van der Waals surface area (Å²) in [5.41, 5.74) is 7.21. The average Bonchev–Trinajstić information content (AvgIpc) is 2.81. The predicted molar refractivity (Wildman–Crippen MR) is 67.3 cm³/mol. The van der Waals surface area contributed by atoms with Crippen LogP contribution >= 0.6 is 15.9 Å². The molecular weight excluding hydrogens is 286 g/mol. The summed E-state index contributed by atoms with van der Waals surface area (Å²) in [6, 6.07) is 5.54. The number of methoxy groups -OCH3 is 1. The number of benzene rings is 1. The standard InChI is InChI=1S/C11H12BrN3O2/c1-6(16-2)10-14-11(17-15-10)7-4-3-5-8(12)9(7)13/h3-6H,13H2,1-2H3. The zero-order valence-corrected chi connectivity index (χ0v) is 11.1. The highest BCUT2D eigenvalue weighted by Gasteiger charge is 2.16. The van der Waals surface area contributed by atoms with Crippen LogP contribution in [0.1, 0.15) is 18.9 Å². The highest BCUT2D eigenvalue weighted by molar-refractivity contribution is 9.10. The Balaban J connectivity index is 2.40. The minimum atomic E-state index is -0.208. The van der Waals surface area contributed by atoms with Crippen LogP contribution in [0.4, 0.5) is 5.69 Å². The molecule has 5 nitrogen and oxygen atoms in total. The minimum absolute atomic E-state index is 0.208. The van der Waals surface area contributed by atoms with Gasteiger partial charge in [-0.2, -0.15) is 4.98 Å². The lowest BCUT2D eigenvalue weighted by molar-refractivity contribution is 0.109. The van der Waals surface area contributed by atoms with Gasteiger partial charge in [0, 0.05) is 11.6 Å². The van der Waals surface area contributed by atoms with Crippen molar-refractivity contribution >= 4 is 21.6 Å². The first-order chi connectivity index (χ1) is 8.13. The topological polar surface area (TPSA) is 74.2 Å². The molecule has 0 aliphatic rings. The Labute approximate surface area is 107 Å². The van der Waals surface area contributed by atoms with Crippen LogP contribution in [0.3, 0.4) is 0 Å². The molecule has 0 fully saturated rings. The van der Waals surface area contributed by atoms with Gasteiger partial charge in [0.2, 0.25) is 5.82 Å². The molecule has 0 spiro atoms. The number of nitrogens with two attached hydrogens (primary N) is 1. The molecule has 0 bridgehead atoms. The quantitative estimate of drug-likeness (QED) is 0.882. The number of para-hydroxylation sites is 1. The number of aromatic nitrogens is 2. The lowest BCUT2D eigenvalue weighted by Crippen LogP contribution is -1.98. The molecule has 0 amide bonds. The van der Waals surface area contributed by atoms with E-state index in [0.29, 0.717) is 23.0 Å². The van der Waals surface area contributed by atoms with Gasteiger partial charge in [0.05, 0.1) is 11.3 Å². The van der Waals surface area contributed by atoms with Gasteiger partial charge in [0.15, 0.2) is 0 Å². The van der Waals surface area contributed by atoms with Gasteiger partial charge in [-0.25, -0.2) is 0 Å². The molecule has 1 heterocycles. The first-order valence-corrected chi connectivity index (χ1v) is 5.83. The number of halogens is 1. The minimum Gasteiger partial charge on any atom is -0.397 e. The maximum absolute atomic E-state index is 5.93. The van der Waals surface area contributed by atoms with E-state index < -0.39 is 0 Å². The Morgan fingerprint density at radius 1 is 1.47 bits per heavy atom. The predicted octanol–water partition coefficient (Wildman–Crippen LogP) is 2.79. The van der Waals surface area contributed by atoms with Crippen LogP contribution in [0.2, 0.25) is 0 Å². The van der Waals surface area contributed by atoms with Crippen molar-refractivity contribution in [2.45, 2.75) is 13.0 Å². The summed E-state index contributed by atoms with van der Waals surface area (Å²) in [6.45, 7) is 1.85. The first-order valence-electron chi connectivity index (χ1n) is 5.04. The Kier molecular flexibility index (Phi) is 3.44. The Hall–Kier alpha value is -1.40. The number of ether oxygens (including phenoxy) is 1. The Morgan fingerprint density at radius 2 is 2.24 bits per heavy atom. The fraction of sp³-hybridized carbons (Fsp3) is 0.273. The molecule has 17 heavy (non-hydrogen) atoms. The van der Waals surface area contributed by atoms with E-state index in [1.165, 1.54) is 0 Å². The van der Waals surface area contributed by atoms with Gasteiger partial charge in [-0.05, 0) is 35.0 Å². The third-order valence-electron chi connectivity index (χ3n) is 2.44. The van der Waals surface area contributed by atoms with Crippen molar-refractivity contribution in [1.82, 2.24) is 10.1 Å². The van der Waals surface area contributed by atoms with Crippen molar-refractivity contribution in [3.8, 4) is 11.5 Å². The van der Waals surface area contributed by atoms with E-state index in [0.717, 1.165) is 4.47 Å². The Morgan fingerprint density at radius 3 is 2.94 bits per heavy atom. The summed E-state index contributed by atoms with van der Waals surface area (Å²) < 4.78 is 11.1. The van der Waals surface area contributed by atoms with E-state index in [9.17, 15) is 0 Å². The normalized spacial score (nSPS) is 12.6. The van der Waals surface area contributed by atoms with Gasteiger partial charge < -0.3 is 15.0 Å². The van der Waals surface area contributed by atoms with Crippen LogP contribution in [-0.2, 0) is 4.74 Å². The number of nitrogen functional groups attached to an aromatic ring is 1. The summed E-state index contributed by atoms with van der Waals surface area (Å²) in [7, 11) is 1.59. The maximum Gasteiger partial charge on any atom is 0.260 e. The molecule has 0 aliphatic carbocycles. The molecule has 0 aliphatic heterocycles. The monoisotopic (exact) mass is 297 g/mol. The van der Waals surface area contributed by atoms with Crippen LogP contribution in [0.15, 0.2) is 27.2 Å². The summed E-state index contributed by atoms with van der Waals surface area (Å²) in [5.74, 6) is 0.893. The average molecular weight is 298 g/mol. The second kappa shape index (κ2) is 4.85. The van der Waals surface area contributed by atoms with Crippen molar-refractivity contribution < 1.29 is 9.26 Å². The van der Waals surface area contributed by atoms with E-state index in [4.69, 9.17) is 15.0 Å². The third-order valence-corrected chi connectivity index (χ3v) is 3.13. The molecule has 1 aromatic carbocycles. The molecular formula is C11H12BrN3O2. The lowest BCUT2D eigenvalue weighted by atomic mass is 10.2. The molecule has 6 heteroatoms. The van der Waals surface area contributed by atoms with Crippen LogP contribution in [0, 0.1) is 0 Å². The highest BCUT2D eigenvalue weighted by atomic mass is 79.9. The Bertz CT molecular complexity index is 527. The molecule has 0 saturated heterocycles. The van der Waals surface area contributed by atoms with Gasteiger partial charge in [0.25, 0.3) is 5.89 Å². The highest BCUT2D eigenvalue weighted by Crippen LogP contribution is 2.31. The van der Waals surface area contributed by atoms with Crippen LogP contribution in [0.25, 0.3) is 11.5 Å². The summed E-state index contributed by atoms with van der Waals surface area (Å²) >= 11 is 3.35. The molecule has 1 unspecified atom stereocenters. The molecule has 1 aromatic heterocycles. The van der Waals surface area contributed by atoms with Gasteiger partial charge in [-0.15, -0.1) is 0 Å². The van der Waals surface area contributed by atoms with Crippen molar-refractivity contribution in [3.05, 3.63) is 28.5 Å². The number of nitrogens with zero attached hydrogens (tertiary/aromatic N) is 2. The van der Waals surface area contributed by atoms with Crippen molar-refractivity contribution in [1.29, 1.82) is 0 Å². The smallest absolute Gasteiger partial charge is 0.260 e. The summed E-state index contributed by atoms with van der Waals surface area (Å²) in [4.78, 5) is 4.25. The van der Waals surface area contributed by atoms with Crippen molar-refractivity contribution in [2.24, 2.45) is 0 Å². The third kappa shape index (κ3) is 2.32. The second-order valence-corrected chi connectivity index (χ2v) is 4.39. The van der Waals surface area contributed by atoms with Gasteiger partial charge >= 0.3 is 0 Å². The van der Waals surface area contributed by atoms with Gasteiger partial charge in [0.1, 0.15) is 6.10 Å². The van der Waals surface area contributed by atoms with Crippen LogP contribution < -0.4 is 5.73 Å². The fourth-order valence-electron chi connectivity index (χ4n) is 1.34. The van der Waals surface area contributed by atoms with Gasteiger partial charge in [-0.1, -0.05) is 11.2 Å². The van der Waals surface area contributed by atoms with E-state index in [1.54, 1.807) is 7.11 Å². The van der Waals surface area contributed by atoms with Gasteiger partial charge in [-0.3, -0.25) is 0 Å². The van der Waals surface area contributed by atoms with E-state index in [1.807, 2.05) is 25.1 Å². The molecule has 1 atom stereocenters. The molecule has 0 saturated carbocycles. The molecule has 90 valence electrons. The zero-order valence-electron chi connectivity index (χ0n) is 9.48. The summed E-state index contributed by atoms with van der Waals surface area (Å²) in [5, 5.41) is 3.85. The SMILES string of the molecule is COC(C)c1noc(-c2cccc(Br)c2N)n1. The number of hydrogen-bond acceptors (Lipinski definition) is 5. The molecule has 0 radical (unpaired) electrons. The first kappa shape index (κ1) is 12.1. The molecule has 2 rings (SSSR count).